The van der Waals surface area contributed by atoms with E-state index >= 15 is 0 Å². The first-order valence-corrected chi connectivity index (χ1v) is 10.00. The average molecular weight is 399 g/mol. The van der Waals surface area contributed by atoms with Gasteiger partial charge in [0, 0.05) is 25.2 Å². The Morgan fingerprint density at radius 1 is 1.14 bits per heavy atom. The summed E-state index contributed by atoms with van der Waals surface area (Å²) in [7, 11) is 1.67. The maximum Gasteiger partial charge on any atom is 0.258 e. The predicted molar refractivity (Wildman–Crippen MR) is 113 cm³/mol. The van der Waals surface area contributed by atoms with Gasteiger partial charge >= 0.3 is 0 Å². The highest BCUT2D eigenvalue weighted by molar-refractivity contribution is 5.77. The number of hydrogen-bond acceptors (Lipinski definition) is 5. The van der Waals surface area contributed by atoms with Gasteiger partial charge in [0.1, 0.15) is 11.5 Å². The van der Waals surface area contributed by atoms with E-state index in [9.17, 15) is 4.79 Å². The Morgan fingerprint density at radius 3 is 2.62 bits per heavy atom. The van der Waals surface area contributed by atoms with Gasteiger partial charge in [0.25, 0.3) is 5.91 Å². The zero-order chi connectivity index (χ0) is 20.6. The minimum atomic E-state index is -0.142. The largest absolute Gasteiger partial charge is 0.496 e. The van der Waals surface area contributed by atoms with Gasteiger partial charge in [-0.2, -0.15) is 0 Å². The highest BCUT2D eigenvalue weighted by Gasteiger charge is 2.25. The first kappa shape index (κ1) is 21.1. The van der Waals surface area contributed by atoms with Crippen molar-refractivity contribution in [3.05, 3.63) is 59.2 Å². The van der Waals surface area contributed by atoms with Crippen LogP contribution in [0.2, 0.25) is 0 Å². The van der Waals surface area contributed by atoms with Gasteiger partial charge < -0.3 is 19.5 Å². The summed E-state index contributed by atoms with van der Waals surface area (Å²) >= 11 is 0. The number of ether oxygens (including phenoxy) is 3. The third kappa shape index (κ3) is 5.71. The van der Waals surface area contributed by atoms with Crippen LogP contribution in [-0.2, 0) is 9.53 Å². The molecule has 6 nitrogen and oxygen atoms in total. The van der Waals surface area contributed by atoms with Crippen molar-refractivity contribution in [1.82, 2.24) is 10.2 Å². The number of aryl methyl sites for hydroxylation is 2. The molecule has 29 heavy (non-hydrogen) atoms. The Hall–Kier alpha value is -2.57. The number of methoxy groups -OCH3 is 1. The monoisotopic (exact) mass is 398 g/mol. The maximum absolute atomic E-state index is 12.4. The number of carbonyl (C=O) groups excluding carboxylic acids is 1. The van der Waals surface area contributed by atoms with Crippen LogP contribution in [0.15, 0.2) is 42.5 Å². The smallest absolute Gasteiger partial charge is 0.258 e. The lowest BCUT2D eigenvalue weighted by Crippen LogP contribution is -2.44. The zero-order valence-electron chi connectivity index (χ0n) is 17.4. The molecule has 1 aliphatic rings. The summed E-state index contributed by atoms with van der Waals surface area (Å²) in [4.78, 5) is 14.8. The van der Waals surface area contributed by atoms with Gasteiger partial charge in [-0.25, -0.2) is 0 Å². The fourth-order valence-corrected chi connectivity index (χ4v) is 3.48. The Labute approximate surface area is 172 Å². The number of hydrogen-bond donors (Lipinski definition) is 1. The van der Waals surface area contributed by atoms with Crippen molar-refractivity contribution in [2.24, 2.45) is 0 Å². The van der Waals surface area contributed by atoms with Crippen LogP contribution in [0.5, 0.6) is 11.5 Å². The number of amides is 1. The van der Waals surface area contributed by atoms with Crippen LogP contribution in [0.4, 0.5) is 0 Å². The van der Waals surface area contributed by atoms with E-state index in [4.69, 9.17) is 14.2 Å². The second-order valence-corrected chi connectivity index (χ2v) is 7.24. The molecule has 156 valence electrons. The minimum Gasteiger partial charge on any atom is -0.496 e. The Kier molecular flexibility index (Phi) is 7.49. The molecule has 0 radical (unpaired) electrons. The number of benzene rings is 2. The third-order valence-electron chi connectivity index (χ3n) is 5.33. The van der Waals surface area contributed by atoms with Crippen molar-refractivity contribution in [2.45, 2.75) is 19.9 Å². The lowest BCUT2D eigenvalue weighted by Gasteiger charge is -2.35. The van der Waals surface area contributed by atoms with Crippen molar-refractivity contribution in [3.63, 3.8) is 0 Å². The molecule has 1 fully saturated rings. The van der Waals surface area contributed by atoms with E-state index in [0.717, 1.165) is 30.0 Å². The first-order valence-electron chi connectivity index (χ1n) is 10.00. The van der Waals surface area contributed by atoms with Gasteiger partial charge in [-0.05, 0) is 43.2 Å². The maximum atomic E-state index is 12.4. The molecule has 1 unspecified atom stereocenters. The molecule has 0 saturated carbocycles. The van der Waals surface area contributed by atoms with E-state index in [2.05, 4.69) is 23.2 Å². The molecule has 1 aliphatic heterocycles. The second kappa shape index (κ2) is 10.3. The summed E-state index contributed by atoms with van der Waals surface area (Å²) in [6.07, 6.45) is 0. The van der Waals surface area contributed by atoms with Crippen LogP contribution in [0.1, 0.15) is 22.7 Å². The lowest BCUT2D eigenvalue weighted by molar-refractivity contribution is -0.123. The van der Waals surface area contributed by atoms with Gasteiger partial charge in [0.15, 0.2) is 6.61 Å². The molecular formula is C23H30N2O4. The van der Waals surface area contributed by atoms with Gasteiger partial charge in [0.2, 0.25) is 0 Å². The molecule has 3 rings (SSSR count). The topological polar surface area (TPSA) is 60.0 Å². The fraction of sp³-hybridized carbons (Fsp3) is 0.435. The van der Waals surface area contributed by atoms with Crippen LogP contribution in [0.3, 0.4) is 0 Å². The van der Waals surface area contributed by atoms with Crippen molar-refractivity contribution in [1.29, 1.82) is 0 Å². The number of para-hydroxylation sites is 1. The highest BCUT2D eigenvalue weighted by Crippen LogP contribution is 2.29. The molecule has 0 aliphatic carbocycles. The summed E-state index contributed by atoms with van der Waals surface area (Å²) in [5.74, 6) is 1.39. The molecule has 1 amide bonds. The Balaban J connectivity index is 1.63. The van der Waals surface area contributed by atoms with Gasteiger partial charge in [-0.1, -0.05) is 24.3 Å². The second-order valence-electron chi connectivity index (χ2n) is 7.24. The highest BCUT2D eigenvalue weighted by atomic mass is 16.5. The van der Waals surface area contributed by atoms with Gasteiger partial charge in [0.05, 0.1) is 26.4 Å². The normalized spacial score (nSPS) is 15.6. The average Bonchev–Trinajstić information content (AvgIpc) is 2.76. The third-order valence-corrected chi connectivity index (χ3v) is 5.33. The SMILES string of the molecule is COc1ccccc1C(CNC(=O)COc1ccc(C)c(C)c1)N1CCOCC1. The van der Waals surface area contributed by atoms with Crippen molar-refractivity contribution >= 4 is 5.91 Å². The molecule has 0 bridgehead atoms. The Morgan fingerprint density at radius 2 is 1.90 bits per heavy atom. The fourth-order valence-electron chi connectivity index (χ4n) is 3.48. The standard InChI is InChI=1S/C23H30N2O4/c1-17-8-9-19(14-18(17)2)29-16-23(26)24-15-21(25-10-12-28-13-11-25)20-6-4-5-7-22(20)27-3/h4-9,14,21H,10-13,15-16H2,1-3H3,(H,24,26). The van der Waals surface area contributed by atoms with Gasteiger partial charge in [-0.15, -0.1) is 0 Å². The van der Waals surface area contributed by atoms with E-state index in [0.29, 0.717) is 25.5 Å². The predicted octanol–water partition coefficient (Wildman–Crippen LogP) is 2.88. The van der Waals surface area contributed by atoms with E-state index < -0.39 is 0 Å². The summed E-state index contributed by atoms with van der Waals surface area (Å²) in [6, 6.07) is 13.8. The quantitative estimate of drug-likeness (QED) is 0.741. The van der Waals surface area contributed by atoms with Crippen LogP contribution < -0.4 is 14.8 Å². The first-order chi connectivity index (χ1) is 14.1. The summed E-state index contributed by atoms with van der Waals surface area (Å²) in [5, 5.41) is 3.02. The van der Waals surface area contributed by atoms with E-state index in [1.807, 2.05) is 43.3 Å². The molecule has 6 heteroatoms. The van der Waals surface area contributed by atoms with Crippen molar-refractivity contribution in [2.75, 3.05) is 46.6 Å². The molecule has 0 aromatic heterocycles. The molecule has 1 saturated heterocycles. The number of morpholine rings is 1. The molecule has 2 aromatic rings. The number of rotatable bonds is 8. The summed E-state index contributed by atoms with van der Waals surface area (Å²) in [6.45, 7) is 7.57. The van der Waals surface area contributed by atoms with Crippen LogP contribution in [-0.4, -0.2) is 57.4 Å². The van der Waals surface area contributed by atoms with E-state index in [1.165, 1.54) is 5.56 Å². The van der Waals surface area contributed by atoms with Crippen LogP contribution in [0.25, 0.3) is 0 Å². The van der Waals surface area contributed by atoms with Crippen LogP contribution in [0, 0.1) is 13.8 Å². The number of carbonyl (C=O) groups is 1. The Bertz CT molecular complexity index is 818. The number of nitrogens with zero attached hydrogens (tertiary/aromatic N) is 1. The number of nitrogens with one attached hydrogen (secondary N) is 1. The van der Waals surface area contributed by atoms with Crippen molar-refractivity contribution in [3.8, 4) is 11.5 Å². The molecule has 1 atom stereocenters. The minimum absolute atomic E-state index is 0.00967. The van der Waals surface area contributed by atoms with Crippen molar-refractivity contribution < 1.29 is 19.0 Å². The van der Waals surface area contributed by atoms with E-state index in [-0.39, 0.29) is 18.6 Å². The van der Waals surface area contributed by atoms with E-state index in [1.54, 1.807) is 7.11 Å². The molecule has 0 spiro atoms. The molecule has 1 heterocycles. The summed E-state index contributed by atoms with van der Waals surface area (Å²) in [5.41, 5.74) is 3.41. The molecule has 2 aromatic carbocycles. The van der Waals surface area contributed by atoms with Gasteiger partial charge in [-0.3, -0.25) is 9.69 Å². The zero-order valence-corrected chi connectivity index (χ0v) is 17.4. The molecular weight excluding hydrogens is 368 g/mol. The molecule has 1 N–H and O–H groups in total. The summed E-state index contributed by atoms with van der Waals surface area (Å²) < 4.78 is 16.7. The lowest BCUT2D eigenvalue weighted by atomic mass is 10.0. The van der Waals surface area contributed by atoms with Crippen LogP contribution >= 0.6 is 0 Å².